The Bertz CT molecular complexity index is 441. The van der Waals surface area contributed by atoms with Gasteiger partial charge in [-0.05, 0) is 25.0 Å². The fraction of sp³-hybridized carbons (Fsp3) is 0.462. The lowest BCUT2D eigenvalue weighted by atomic mass is 10.1. The number of hydrogen-bond donors (Lipinski definition) is 2. The van der Waals surface area contributed by atoms with Crippen molar-refractivity contribution in [3.8, 4) is 0 Å². The number of halogens is 3. The Hall–Kier alpha value is -1.76. The number of amides is 1. The van der Waals surface area contributed by atoms with Gasteiger partial charge in [-0.1, -0.05) is 12.1 Å². The van der Waals surface area contributed by atoms with Gasteiger partial charge < -0.3 is 15.8 Å². The van der Waals surface area contributed by atoms with E-state index in [0.29, 0.717) is 11.4 Å². The van der Waals surface area contributed by atoms with E-state index in [2.05, 4.69) is 5.32 Å². The molecule has 1 rings (SSSR count). The molecule has 0 atom stereocenters. The maximum absolute atomic E-state index is 11.9. The van der Waals surface area contributed by atoms with Crippen molar-refractivity contribution in [3.63, 3.8) is 0 Å². The summed E-state index contributed by atoms with van der Waals surface area (Å²) >= 11 is 0. The van der Waals surface area contributed by atoms with Gasteiger partial charge in [-0.15, -0.1) is 0 Å². The summed E-state index contributed by atoms with van der Waals surface area (Å²) in [5.41, 5.74) is 7.44. The highest BCUT2D eigenvalue weighted by Crippen LogP contribution is 2.22. The van der Waals surface area contributed by atoms with Crippen molar-refractivity contribution >= 4 is 17.3 Å². The van der Waals surface area contributed by atoms with Gasteiger partial charge in [0.15, 0.2) is 0 Å². The molecule has 1 aromatic rings. The van der Waals surface area contributed by atoms with Crippen LogP contribution >= 0.6 is 0 Å². The first-order valence-corrected chi connectivity index (χ1v) is 6.09. The second-order valence-electron chi connectivity index (χ2n) is 4.36. The maximum atomic E-state index is 11.9. The van der Waals surface area contributed by atoms with Crippen LogP contribution in [0.1, 0.15) is 18.4 Å². The van der Waals surface area contributed by atoms with Gasteiger partial charge in [0, 0.05) is 13.0 Å². The smallest absolute Gasteiger partial charge is 0.389 e. The molecule has 0 saturated heterocycles. The number of aryl methyl sites for hydroxylation is 1. The third-order valence-corrected chi connectivity index (χ3v) is 2.55. The van der Waals surface area contributed by atoms with Gasteiger partial charge in [0.2, 0.25) is 5.91 Å². The molecule has 4 nitrogen and oxygen atoms in total. The molecule has 1 amide bonds. The first kappa shape index (κ1) is 16.3. The Morgan fingerprint density at radius 2 is 2.10 bits per heavy atom. The average molecular weight is 290 g/mol. The van der Waals surface area contributed by atoms with Gasteiger partial charge >= 0.3 is 6.18 Å². The normalized spacial score (nSPS) is 11.4. The molecule has 0 aliphatic carbocycles. The lowest BCUT2D eigenvalue weighted by molar-refractivity contribution is -0.138. The molecule has 0 bridgehead atoms. The molecule has 20 heavy (non-hydrogen) atoms. The predicted molar refractivity (Wildman–Crippen MR) is 70.3 cm³/mol. The standard InChI is InChI=1S/C13H17F3N2O2/c1-9-4-2-5-10(17)12(9)18-11(19)8-20-7-3-6-13(14,15)16/h2,4-5H,3,6-8,17H2,1H3,(H,18,19). The quantitative estimate of drug-likeness (QED) is 0.625. The molecule has 0 saturated carbocycles. The summed E-state index contributed by atoms with van der Waals surface area (Å²) in [5, 5.41) is 2.57. The fourth-order valence-electron chi connectivity index (χ4n) is 1.58. The largest absolute Gasteiger partial charge is 0.397 e. The van der Waals surface area contributed by atoms with E-state index in [1.165, 1.54) is 0 Å². The van der Waals surface area contributed by atoms with E-state index >= 15 is 0 Å². The lowest BCUT2D eigenvalue weighted by Gasteiger charge is -2.11. The van der Waals surface area contributed by atoms with Crippen LogP contribution < -0.4 is 11.1 Å². The summed E-state index contributed by atoms with van der Waals surface area (Å²) in [7, 11) is 0. The van der Waals surface area contributed by atoms with Crippen molar-refractivity contribution in [1.82, 2.24) is 0 Å². The van der Waals surface area contributed by atoms with E-state index < -0.39 is 18.5 Å². The van der Waals surface area contributed by atoms with Crippen LogP contribution in [0.2, 0.25) is 0 Å². The van der Waals surface area contributed by atoms with Gasteiger partial charge in [-0.3, -0.25) is 4.79 Å². The number of ether oxygens (including phenoxy) is 1. The summed E-state index contributed by atoms with van der Waals surface area (Å²) < 4.78 is 40.5. The molecule has 0 radical (unpaired) electrons. The molecule has 1 aromatic carbocycles. The van der Waals surface area contributed by atoms with Crippen molar-refractivity contribution in [2.75, 3.05) is 24.3 Å². The molecular formula is C13H17F3N2O2. The first-order chi connectivity index (χ1) is 9.29. The topological polar surface area (TPSA) is 64.3 Å². The van der Waals surface area contributed by atoms with Crippen LogP contribution in [0, 0.1) is 6.92 Å². The molecule has 0 aliphatic heterocycles. The van der Waals surface area contributed by atoms with Gasteiger partial charge in [0.1, 0.15) is 6.61 Å². The van der Waals surface area contributed by atoms with Crippen molar-refractivity contribution in [2.24, 2.45) is 0 Å². The molecule has 0 unspecified atom stereocenters. The second kappa shape index (κ2) is 7.14. The van der Waals surface area contributed by atoms with Gasteiger partial charge in [-0.25, -0.2) is 0 Å². The monoisotopic (exact) mass is 290 g/mol. The number of nitrogen functional groups attached to an aromatic ring is 1. The van der Waals surface area contributed by atoms with Crippen LogP contribution in [0.3, 0.4) is 0 Å². The first-order valence-electron chi connectivity index (χ1n) is 6.09. The molecule has 3 N–H and O–H groups in total. The van der Waals surface area contributed by atoms with Crippen LogP contribution in [0.5, 0.6) is 0 Å². The van der Waals surface area contributed by atoms with E-state index in [4.69, 9.17) is 10.5 Å². The molecule has 0 fully saturated rings. The van der Waals surface area contributed by atoms with Crippen molar-refractivity contribution < 1.29 is 22.7 Å². The third-order valence-electron chi connectivity index (χ3n) is 2.55. The maximum Gasteiger partial charge on any atom is 0.389 e. The lowest BCUT2D eigenvalue weighted by Crippen LogP contribution is -2.20. The van der Waals surface area contributed by atoms with Crippen LogP contribution in [-0.2, 0) is 9.53 Å². The zero-order chi connectivity index (χ0) is 15.2. The Labute approximate surface area is 115 Å². The number of carbonyl (C=O) groups is 1. The fourth-order valence-corrected chi connectivity index (χ4v) is 1.58. The van der Waals surface area contributed by atoms with E-state index in [0.717, 1.165) is 5.56 Å². The van der Waals surface area contributed by atoms with Crippen LogP contribution in [-0.4, -0.2) is 25.3 Å². The second-order valence-corrected chi connectivity index (χ2v) is 4.36. The molecule has 7 heteroatoms. The highest BCUT2D eigenvalue weighted by atomic mass is 19.4. The number of alkyl halides is 3. The molecule has 0 heterocycles. The van der Waals surface area contributed by atoms with Gasteiger partial charge in [0.05, 0.1) is 11.4 Å². The third kappa shape index (κ3) is 5.92. The minimum absolute atomic E-state index is 0.115. The number of nitrogens with two attached hydrogens (primary N) is 1. The minimum Gasteiger partial charge on any atom is -0.397 e. The summed E-state index contributed by atoms with van der Waals surface area (Å²) in [5.74, 6) is -0.446. The number of anilines is 2. The zero-order valence-electron chi connectivity index (χ0n) is 11.1. The Balaban J connectivity index is 2.31. The summed E-state index contributed by atoms with van der Waals surface area (Å²) in [4.78, 5) is 11.6. The van der Waals surface area contributed by atoms with E-state index in [1.807, 2.05) is 0 Å². The SMILES string of the molecule is Cc1cccc(N)c1NC(=O)COCCCC(F)(F)F. The van der Waals surface area contributed by atoms with Crippen LogP contribution in [0.4, 0.5) is 24.5 Å². The Morgan fingerprint density at radius 1 is 1.40 bits per heavy atom. The number of nitrogens with one attached hydrogen (secondary N) is 1. The molecule has 0 aromatic heterocycles. The van der Waals surface area contributed by atoms with Crippen molar-refractivity contribution in [2.45, 2.75) is 25.9 Å². The van der Waals surface area contributed by atoms with Crippen LogP contribution in [0.25, 0.3) is 0 Å². The van der Waals surface area contributed by atoms with E-state index in [9.17, 15) is 18.0 Å². The molecular weight excluding hydrogens is 273 g/mol. The van der Waals surface area contributed by atoms with E-state index in [1.54, 1.807) is 25.1 Å². The Morgan fingerprint density at radius 3 is 2.70 bits per heavy atom. The number of benzene rings is 1. The minimum atomic E-state index is -4.19. The van der Waals surface area contributed by atoms with E-state index in [-0.39, 0.29) is 19.6 Å². The predicted octanol–water partition coefficient (Wildman–Crippen LogP) is 2.87. The Kier molecular flexibility index (Phi) is 5.82. The number of para-hydroxylation sites is 1. The average Bonchev–Trinajstić information content (AvgIpc) is 2.32. The zero-order valence-corrected chi connectivity index (χ0v) is 11.1. The highest BCUT2D eigenvalue weighted by molar-refractivity contribution is 5.95. The summed E-state index contributed by atoms with van der Waals surface area (Å²) in [6, 6.07) is 5.19. The van der Waals surface area contributed by atoms with Gasteiger partial charge in [-0.2, -0.15) is 13.2 Å². The number of rotatable bonds is 6. The molecule has 0 spiro atoms. The van der Waals surface area contributed by atoms with Crippen LogP contribution in [0.15, 0.2) is 18.2 Å². The molecule has 0 aliphatic rings. The number of carbonyl (C=O) groups excluding carboxylic acids is 1. The highest BCUT2D eigenvalue weighted by Gasteiger charge is 2.25. The molecule has 112 valence electrons. The van der Waals surface area contributed by atoms with Crippen molar-refractivity contribution in [1.29, 1.82) is 0 Å². The summed E-state index contributed by atoms with van der Waals surface area (Å²) in [6.07, 6.45) is -5.27. The number of hydrogen-bond acceptors (Lipinski definition) is 3. The van der Waals surface area contributed by atoms with Crippen molar-refractivity contribution in [3.05, 3.63) is 23.8 Å². The van der Waals surface area contributed by atoms with Gasteiger partial charge in [0.25, 0.3) is 0 Å². The summed E-state index contributed by atoms with van der Waals surface area (Å²) in [6.45, 7) is 1.37.